The predicted octanol–water partition coefficient (Wildman–Crippen LogP) is 7.71. The summed E-state index contributed by atoms with van der Waals surface area (Å²) in [5.41, 5.74) is 4.75. The van der Waals surface area contributed by atoms with Gasteiger partial charge in [0.25, 0.3) is 0 Å². The van der Waals surface area contributed by atoms with Gasteiger partial charge < -0.3 is 14.2 Å². The monoisotopic (exact) mass is 543 g/mol. The summed E-state index contributed by atoms with van der Waals surface area (Å²) in [5.74, 6) is 0.161. The maximum atomic E-state index is 14.3. The lowest BCUT2D eigenvalue weighted by Crippen LogP contribution is -2.02. The minimum Gasteiger partial charge on any atom is -0.494 e. The van der Waals surface area contributed by atoms with Crippen molar-refractivity contribution >= 4 is 17.3 Å². The second kappa shape index (κ2) is 13.9. The number of fused-ring (bicyclic) bond motifs is 1. The molecule has 0 amide bonds. The van der Waals surface area contributed by atoms with Gasteiger partial charge in [0, 0.05) is 29.4 Å². The summed E-state index contributed by atoms with van der Waals surface area (Å²) < 4.78 is 22.1. The number of aliphatic carboxylic acids is 1. The molecule has 2 heterocycles. The van der Waals surface area contributed by atoms with Crippen molar-refractivity contribution < 1.29 is 23.8 Å². The minimum atomic E-state index is -0.820. The van der Waals surface area contributed by atoms with Gasteiger partial charge in [0.2, 0.25) is 0 Å². The number of rotatable bonds is 15. The van der Waals surface area contributed by atoms with E-state index in [0.717, 1.165) is 60.2 Å². The van der Waals surface area contributed by atoms with Crippen LogP contribution in [0.4, 0.5) is 4.39 Å². The molecule has 6 heteroatoms. The van der Waals surface area contributed by atoms with Crippen LogP contribution in [0.15, 0.2) is 72.9 Å². The number of benzene rings is 2. The molecule has 0 saturated heterocycles. The van der Waals surface area contributed by atoms with Crippen molar-refractivity contribution in [2.45, 2.75) is 65.2 Å². The molecule has 0 fully saturated rings. The van der Waals surface area contributed by atoms with Gasteiger partial charge in [0.15, 0.2) is 5.78 Å². The zero-order valence-corrected chi connectivity index (χ0v) is 23.4. The van der Waals surface area contributed by atoms with Gasteiger partial charge in [-0.15, -0.1) is 0 Å². The summed E-state index contributed by atoms with van der Waals surface area (Å²) in [7, 11) is 0. The molecule has 0 saturated carbocycles. The second-order valence-electron chi connectivity index (χ2n) is 10.8. The molecule has 210 valence electrons. The third-order valence-electron chi connectivity index (χ3n) is 7.07. The fraction of sp³-hybridized carbons (Fsp3) is 0.353. The van der Waals surface area contributed by atoms with Gasteiger partial charge >= 0.3 is 5.97 Å². The van der Waals surface area contributed by atoms with Crippen molar-refractivity contribution in [2.75, 3.05) is 6.61 Å². The highest BCUT2D eigenvalue weighted by molar-refractivity contribution is 6.13. The van der Waals surface area contributed by atoms with E-state index in [2.05, 4.69) is 13.8 Å². The number of unbranched alkanes of at least 4 members (excludes halogenated alkanes) is 2. The van der Waals surface area contributed by atoms with Crippen LogP contribution in [0.2, 0.25) is 0 Å². The topological polar surface area (TPSA) is 68.0 Å². The number of hydrogen-bond donors (Lipinski definition) is 1. The molecule has 4 rings (SSSR count). The first-order chi connectivity index (χ1) is 19.3. The molecule has 1 N–H and O–H groups in total. The molecule has 0 radical (unpaired) electrons. The summed E-state index contributed by atoms with van der Waals surface area (Å²) in [5, 5.41) is 8.96. The highest BCUT2D eigenvalue weighted by atomic mass is 19.1. The Morgan fingerprint density at radius 1 is 0.925 bits per heavy atom. The second-order valence-corrected chi connectivity index (χ2v) is 10.8. The van der Waals surface area contributed by atoms with Crippen molar-refractivity contribution in [3.63, 3.8) is 0 Å². The molecule has 4 aromatic rings. The average molecular weight is 544 g/mol. The van der Waals surface area contributed by atoms with Crippen LogP contribution in [-0.2, 0) is 24.1 Å². The number of carbonyl (C=O) groups is 2. The molecule has 5 nitrogen and oxygen atoms in total. The Bertz CT molecular complexity index is 1440. The van der Waals surface area contributed by atoms with Crippen molar-refractivity contribution in [1.82, 2.24) is 4.40 Å². The van der Waals surface area contributed by atoms with Gasteiger partial charge in [-0.3, -0.25) is 9.59 Å². The average Bonchev–Trinajstić information content (AvgIpc) is 3.30. The Hall–Kier alpha value is -3.93. The maximum Gasteiger partial charge on any atom is 0.303 e. The molecule has 0 aliphatic heterocycles. The van der Waals surface area contributed by atoms with Crippen LogP contribution in [0.3, 0.4) is 0 Å². The first-order valence-electron chi connectivity index (χ1n) is 14.2. The molecule has 0 spiro atoms. The van der Waals surface area contributed by atoms with E-state index < -0.39 is 5.97 Å². The molecule has 0 bridgehead atoms. The fourth-order valence-electron chi connectivity index (χ4n) is 5.03. The van der Waals surface area contributed by atoms with Gasteiger partial charge in [0.05, 0.1) is 12.1 Å². The lowest BCUT2D eigenvalue weighted by molar-refractivity contribution is -0.137. The summed E-state index contributed by atoms with van der Waals surface area (Å²) in [6.45, 7) is 4.78. The molecule has 0 aliphatic rings. The van der Waals surface area contributed by atoms with Crippen molar-refractivity contribution in [2.24, 2.45) is 5.92 Å². The molecule has 0 unspecified atom stereocenters. The highest BCUT2D eigenvalue weighted by Crippen LogP contribution is 2.23. The van der Waals surface area contributed by atoms with E-state index in [4.69, 9.17) is 9.84 Å². The number of pyridine rings is 1. The van der Waals surface area contributed by atoms with Crippen LogP contribution in [0.1, 0.15) is 78.7 Å². The number of carbonyl (C=O) groups excluding carboxylic acids is 1. The van der Waals surface area contributed by atoms with E-state index in [1.54, 1.807) is 18.2 Å². The molecule has 2 aromatic carbocycles. The number of aryl methyl sites for hydroxylation is 2. The van der Waals surface area contributed by atoms with Crippen LogP contribution < -0.4 is 4.74 Å². The summed E-state index contributed by atoms with van der Waals surface area (Å²) in [6.07, 6.45) is 7.57. The predicted molar refractivity (Wildman–Crippen MR) is 156 cm³/mol. The van der Waals surface area contributed by atoms with Crippen LogP contribution in [0, 0.1) is 11.7 Å². The maximum absolute atomic E-state index is 14.3. The molecule has 0 atom stereocenters. The molecular formula is C34H38FNO4. The Morgan fingerprint density at radius 2 is 1.73 bits per heavy atom. The third-order valence-corrected chi connectivity index (χ3v) is 7.07. The Morgan fingerprint density at radius 3 is 2.45 bits per heavy atom. The normalized spacial score (nSPS) is 11.3. The lowest BCUT2D eigenvalue weighted by Gasteiger charge is -2.09. The molecular weight excluding hydrogens is 505 g/mol. The van der Waals surface area contributed by atoms with E-state index in [0.29, 0.717) is 36.5 Å². The minimum absolute atomic E-state index is 0.0755. The zero-order chi connectivity index (χ0) is 28.5. The van der Waals surface area contributed by atoms with Gasteiger partial charge in [-0.05, 0) is 111 Å². The standard InChI is InChI=1S/C34H38FNO4/c1-24(2)21-27-14-13-25(22-31(27)35)9-4-3-7-20-40-29-17-15-26(16-18-29)34(39)30-23-28(10-8-12-33(37)38)36-19-6-5-11-32(30)36/h5-6,11,13-19,22-24H,3-4,7-10,12,20-21H2,1-2H3,(H,37,38). The summed E-state index contributed by atoms with van der Waals surface area (Å²) in [4.78, 5) is 24.2. The van der Waals surface area contributed by atoms with Gasteiger partial charge in [-0.25, -0.2) is 4.39 Å². The van der Waals surface area contributed by atoms with E-state index in [1.807, 2.05) is 59.1 Å². The third kappa shape index (κ3) is 7.81. The molecule has 0 aliphatic carbocycles. The van der Waals surface area contributed by atoms with E-state index >= 15 is 0 Å². The lowest BCUT2D eigenvalue weighted by atomic mass is 9.99. The number of nitrogens with zero attached hydrogens (tertiary/aromatic N) is 1. The number of carboxylic acid groups (broad SMARTS) is 1. The van der Waals surface area contributed by atoms with Crippen LogP contribution in [-0.4, -0.2) is 27.9 Å². The number of hydrogen-bond acceptors (Lipinski definition) is 3. The van der Waals surface area contributed by atoms with Crippen LogP contribution in [0.25, 0.3) is 5.52 Å². The highest BCUT2D eigenvalue weighted by Gasteiger charge is 2.17. The van der Waals surface area contributed by atoms with Gasteiger partial charge in [-0.1, -0.05) is 32.0 Å². The van der Waals surface area contributed by atoms with E-state index in [9.17, 15) is 14.0 Å². The largest absolute Gasteiger partial charge is 0.494 e. The Labute approximate surface area is 235 Å². The SMILES string of the molecule is CC(C)Cc1ccc(CCCCCOc2ccc(C(=O)c3cc(CCCC(=O)O)n4ccccc34)cc2)cc1F. The van der Waals surface area contributed by atoms with Crippen LogP contribution in [0.5, 0.6) is 5.75 Å². The quantitative estimate of drug-likeness (QED) is 0.123. The molecule has 2 aromatic heterocycles. The Kier molecular flexibility index (Phi) is 10.1. The van der Waals surface area contributed by atoms with Gasteiger partial charge in [-0.2, -0.15) is 0 Å². The van der Waals surface area contributed by atoms with Crippen molar-refractivity contribution in [1.29, 1.82) is 0 Å². The van der Waals surface area contributed by atoms with Crippen molar-refractivity contribution in [3.8, 4) is 5.75 Å². The Balaban J connectivity index is 1.25. The number of halogens is 1. The number of aromatic nitrogens is 1. The number of ketones is 1. The summed E-state index contributed by atoms with van der Waals surface area (Å²) >= 11 is 0. The number of carboxylic acids is 1. The smallest absolute Gasteiger partial charge is 0.303 e. The summed E-state index contributed by atoms with van der Waals surface area (Å²) in [6, 6.07) is 20.4. The molecule has 40 heavy (non-hydrogen) atoms. The fourth-order valence-corrected chi connectivity index (χ4v) is 5.03. The number of ether oxygens (including phenoxy) is 1. The van der Waals surface area contributed by atoms with E-state index in [1.165, 1.54) is 0 Å². The van der Waals surface area contributed by atoms with Crippen molar-refractivity contribution in [3.05, 3.63) is 107 Å². The van der Waals surface area contributed by atoms with Gasteiger partial charge in [0.1, 0.15) is 11.6 Å². The first kappa shape index (κ1) is 29.1. The first-order valence-corrected chi connectivity index (χ1v) is 14.2. The zero-order valence-electron chi connectivity index (χ0n) is 23.4. The van der Waals surface area contributed by atoms with E-state index in [-0.39, 0.29) is 18.0 Å². The van der Waals surface area contributed by atoms with Crippen LogP contribution >= 0.6 is 0 Å².